The molecule has 0 radical (unpaired) electrons. The molecule has 0 spiro atoms. The monoisotopic (exact) mass is 305 g/mol. The van der Waals surface area contributed by atoms with Gasteiger partial charge < -0.3 is 15.6 Å². The highest BCUT2D eigenvalue weighted by atomic mass is 79.9. The van der Waals surface area contributed by atoms with Crippen molar-refractivity contribution in [3.63, 3.8) is 0 Å². The molecule has 0 aromatic heterocycles. The van der Waals surface area contributed by atoms with Crippen LogP contribution in [-0.2, 0) is 11.2 Å². The molecule has 0 bridgehead atoms. The van der Waals surface area contributed by atoms with Gasteiger partial charge in [0.1, 0.15) is 17.6 Å². The predicted molar refractivity (Wildman–Crippen MR) is 64.7 cm³/mol. The van der Waals surface area contributed by atoms with E-state index < -0.39 is 17.8 Å². The van der Waals surface area contributed by atoms with Crippen molar-refractivity contribution < 1.29 is 19.0 Å². The first kappa shape index (κ1) is 13.9. The van der Waals surface area contributed by atoms with E-state index in [2.05, 4.69) is 15.9 Å². The third kappa shape index (κ3) is 2.95. The SMILES string of the molecule is COc1c(CC(N)C(=O)O)cc(Br)c(F)c1C. The van der Waals surface area contributed by atoms with Gasteiger partial charge in [-0.3, -0.25) is 4.79 Å². The van der Waals surface area contributed by atoms with E-state index in [9.17, 15) is 9.18 Å². The Morgan fingerprint density at radius 2 is 2.29 bits per heavy atom. The topological polar surface area (TPSA) is 72.5 Å². The molecule has 0 saturated heterocycles. The van der Waals surface area contributed by atoms with Crippen LogP contribution in [0, 0.1) is 12.7 Å². The number of nitrogens with two attached hydrogens (primary N) is 1. The maximum Gasteiger partial charge on any atom is 0.320 e. The lowest BCUT2D eigenvalue weighted by atomic mass is 10.0. The molecular weight excluding hydrogens is 293 g/mol. The summed E-state index contributed by atoms with van der Waals surface area (Å²) >= 11 is 3.07. The number of carboxylic acid groups (broad SMARTS) is 1. The van der Waals surface area contributed by atoms with Crippen molar-refractivity contribution in [2.75, 3.05) is 7.11 Å². The number of hydrogen-bond acceptors (Lipinski definition) is 3. The van der Waals surface area contributed by atoms with Crippen LogP contribution in [-0.4, -0.2) is 24.2 Å². The van der Waals surface area contributed by atoms with Crippen molar-refractivity contribution in [1.29, 1.82) is 0 Å². The molecule has 1 atom stereocenters. The highest BCUT2D eigenvalue weighted by Gasteiger charge is 2.19. The van der Waals surface area contributed by atoms with Crippen molar-refractivity contribution in [3.05, 3.63) is 27.5 Å². The Bertz CT molecular complexity index is 451. The van der Waals surface area contributed by atoms with E-state index in [1.165, 1.54) is 13.2 Å². The molecular formula is C11H13BrFNO3. The van der Waals surface area contributed by atoms with Gasteiger partial charge in [-0.25, -0.2) is 4.39 Å². The first-order valence-corrected chi connectivity index (χ1v) is 5.67. The minimum atomic E-state index is -1.11. The maximum absolute atomic E-state index is 13.6. The van der Waals surface area contributed by atoms with E-state index in [1.807, 2.05) is 0 Å². The van der Waals surface area contributed by atoms with Gasteiger partial charge >= 0.3 is 5.97 Å². The summed E-state index contributed by atoms with van der Waals surface area (Å²) in [6, 6.07) is 0.449. The predicted octanol–water partition coefficient (Wildman–Crippen LogP) is 1.86. The third-order valence-electron chi connectivity index (χ3n) is 2.43. The smallest absolute Gasteiger partial charge is 0.320 e. The number of carboxylic acids is 1. The summed E-state index contributed by atoms with van der Waals surface area (Å²) in [5, 5.41) is 8.75. The van der Waals surface area contributed by atoms with E-state index in [-0.39, 0.29) is 10.9 Å². The fourth-order valence-electron chi connectivity index (χ4n) is 1.56. The molecule has 0 saturated carbocycles. The van der Waals surface area contributed by atoms with Crippen LogP contribution in [0.1, 0.15) is 11.1 Å². The number of carbonyl (C=O) groups is 1. The fourth-order valence-corrected chi connectivity index (χ4v) is 2.14. The van der Waals surface area contributed by atoms with Gasteiger partial charge in [0, 0.05) is 12.0 Å². The van der Waals surface area contributed by atoms with Crippen molar-refractivity contribution in [1.82, 2.24) is 0 Å². The summed E-state index contributed by atoms with van der Waals surface area (Å²) in [6.45, 7) is 1.56. The van der Waals surface area contributed by atoms with E-state index in [0.29, 0.717) is 16.9 Å². The van der Waals surface area contributed by atoms with Crippen LogP contribution in [0.25, 0.3) is 0 Å². The van der Waals surface area contributed by atoms with Crippen molar-refractivity contribution in [2.24, 2.45) is 5.73 Å². The number of halogens is 2. The molecule has 0 fully saturated rings. The van der Waals surface area contributed by atoms with E-state index in [0.717, 1.165) is 0 Å². The summed E-state index contributed by atoms with van der Waals surface area (Å²) < 4.78 is 18.9. The second-order valence-corrected chi connectivity index (χ2v) is 4.49. The van der Waals surface area contributed by atoms with E-state index in [4.69, 9.17) is 15.6 Å². The highest BCUT2D eigenvalue weighted by Crippen LogP contribution is 2.31. The molecule has 1 aromatic carbocycles. The molecule has 1 aromatic rings. The Kier molecular flexibility index (Phi) is 4.47. The largest absolute Gasteiger partial charge is 0.496 e. The van der Waals surface area contributed by atoms with Crippen LogP contribution in [0.15, 0.2) is 10.5 Å². The average Bonchev–Trinajstić information content (AvgIpc) is 2.26. The van der Waals surface area contributed by atoms with Crippen LogP contribution < -0.4 is 10.5 Å². The third-order valence-corrected chi connectivity index (χ3v) is 3.01. The van der Waals surface area contributed by atoms with Crippen molar-refractivity contribution >= 4 is 21.9 Å². The maximum atomic E-state index is 13.6. The number of methoxy groups -OCH3 is 1. The molecule has 1 rings (SSSR count). The van der Waals surface area contributed by atoms with Crippen LogP contribution in [0.4, 0.5) is 4.39 Å². The summed E-state index contributed by atoms with van der Waals surface area (Å²) in [5.74, 6) is -1.19. The Labute approximate surface area is 107 Å². The second-order valence-electron chi connectivity index (χ2n) is 3.64. The summed E-state index contributed by atoms with van der Waals surface area (Å²) in [4.78, 5) is 10.7. The molecule has 0 aliphatic heterocycles. The summed E-state index contributed by atoms with van der Waals surface area (Å²) in [6.07, 6.45) is 0.0816. The molecule has 1 unspecified atom stereocenters. The Morgan fingerprint density at radius 3 is 2.76 bits per heavy atom. The van der Waals surface area contributed by atoms with Gasteiger partial charge in [0.15, 0.2) is 0 Å². The van der Waals surface area contributed by atoms with Gasteiger partial charge in [-0.05, 0) is 34.5 Å². The van der Waals surface area contributed by atoms with Gasteiger partial charge in [0.2, 0.25) is 0 Å². The first-order chi connectivity index (χ1) is 7.88. The zero-order valence-corrected chi connectivity index (χ0v) is 11.0. The van der Waals surface area contributed by atoms with Gasteiger partial charge in [-0.1, -0.05) is 0 Å². The molecule has 0 amide bonds. The Morgan fingerprint density at radius 1 is 1.71 bits per heavy atom. The second kappa shape index (κ2) is 5.46. The number of rotatable bonds is 4. The molecule has 94 valence electrons. The number of aliphatic carboxylic acids is 1. The lowest BCUT2D eigenvalue weighted by Gasteiger charge is -2.15. The zero-order chi connectivity index (χ0) is 13.2. The quantitative estimate of drug-likeness (QED) is 0.890. The minimum Gasteiger partial charge on any atom is -0.496 e. The number of ether oxygens (including phenoxy) is 1. The number of hydrogen-bond donors (Lipinski definition) is 2. The van der Waals surface area contributed by atoms with Crippen LogP contribution in [0.2, 0.25) is 0 Å². The van der Waals surface area contributed by atoms with Gasteiger partial charge in [-0.2, -0.15) is 0 Å². The van der Waals surface area contributed by atoms with E-state index in [1.54, 1.807) is 6.92 Å². The number of benzene rings is 1. The highest BCUT2D eigenvalue weighted by molar-refractivity contribution is 9.10. The molecule has 0 aliphatic carbocycles. The van der Waals surface area contributed by atoms with Crippen LogP contribution in [0.3, 0.4) is 0 Å². The van der Waals surface area contributed by atoms with Gasteiger partial charge in [0.05, 0.1) is 11.6 Å². The summed E-state index contributed by atoms with van der Waals surface area (Å²) in [5.41, 5.74) is 6.34. The zero-order valence-electron chi connectivity index (χ0n) is 9.46. The first-order valence-electron chi connectivity index (χ1n) is 4.88. The van der Waals surface area contributed by atoms with Crippen LogP contribution >= 0.6 is 15.9 Å². The average molecular weight is 306 g/mol. The van der Waals surface area contributed by atoms with E-state index >= 15 is 0 Å². The lowest BCUT2D eigenvalue weighted by Crippen LogP contribution is -2.32. The Balaban J connectivity index is 3.19. The van der Waals surface area contributed by atoms with Crippen molar-refractivity contribution in [3.8, 4) is 5.75 Å². The Hall–Kier alpha value is -1.14. The van der Waals surface area contributed by atoms with Crippen LogP contribution in [0.5, 0.6) is 5.75 Å². The summed E-state index contributed by atoms with van der Waals surface area (Å²) in [7, 11) is 1.41. The molecule has 0 aliphatic rings. The standard InChI is InChI=1S/C11H13BrFNO3/c1-5-9(13)7(12)3-6(10(5)17-2)4-8(14)11(15)16/h3,8H,4,14H2,1-2H3,(H,15,16). The normalized spacial score (nSPS) is 12.3. The minimum absolute atomic E-state index is 0.0816. The molecule has 0 heterocycles. The van der Waals surface area contributed by atoms with Crippen molar-refractivity contribution in [2.45, 2.75) is 19.4 Å². The molecule has 4 nitrogen and oxygen atoms in total. The molecule has 6 heteroatoms. The fraction of sp³-hybridized carbons (Fsp3) is 0.364. The lowest BCUT2D eigenvalue weighted by molar-refractivity contribution is -0.138. The molecule has 17 heavy (non-hydrogen) atoms. The molecule has 3 N–H and O–H groups in total. The van der Waals surface area contributed by atoms with Gasteiger partial charge in [-0.15, -0.1) is 0 Å². The van der Waals surface area contributed by atoms with Gasteiger partial charge in [0.25, 0.3) is 0 Å².